The zero-order valence-electron chi connectivity index (χ0n) is 13.8. The molecule has 1 amide bonds. The molecule has 0 aliphatic carbocycles. The van der Waals surface area contributed by atoms with Gasteiger partial charge in [0.25, 0.3) is 5.91 Å². The van der Waals surface area contributed by atoms with E-state index in [0.717, 1.165) is 10.0 Å². The maximum atomic E-state index is 12.5. The van der Waals surface area contributed by atoms with E-state index in [1.807, 2.05) is 38.1 Å². The molecule has 2 N–H and O–H groups in total. The van der Waals surface area contributed by atoms with Gasteiger partial charge >= 0.3 is 0 Å². The third-order valence-electron chi connectivity index (χ3n) is 3.17. The standard InChI is InChI=1S/C18H18BrClN2O2S/c1-11(2)24-16-8-7-13(19)9-14(16)17(23)22-18(25)21-10-12-5-3-4-6-15(12)20/h3-9,11H,10H2,1-2H3,(H2,21,22,23,25). The van der Waals surface area contributed by atoms with Crippen LogP contribution in [0.2, 0.25) is 5.02 Å². The molecular formula is C18H18BrClN2O2S. The van der Waals surface area contributed by atoms with E-state index in [9.17, 15) is 4.79 Å². The molecule has 0 saturated carbocycles. The van der Waals surface area contributed by atoms with Crippen molar-refractivity contribution in [1.29, 1.82) is 0 Å². The van der Waals surface area contributed by atoms with E-state index in [2.05, 4.69) is 26.6 Å². The number of hydrogen-bond donors (Lipinski definition) is 2. The van der Waals surface area contributed by atoms with Gasteiger partial charge in [-0.15, -0.1) is 0 Å². The van der Waals surface area contributed by atoms with Crippen LogP contribution in [-0.2, 0) is 6.54 Å². The monoisotopic (exact) mass is 440 g/mol. The summed E-state index contributed by atoms with van der Waals surface area (Å²) < 4.78 is 6.47. The lowest BCUT2D eigenvalue weighted by Gasteiger charge is -2.15. The zero-order valence-corrected chi connectivity index (χ0v) is 17.0. The van der Waals surface area contributed by atoms with E-state index >= 15 is 0 Å². The van der Waals surface area contributed by atoms with Crippen molar-refractivity contribution in [1.82, 2.24) is 10.6 Å². The number of benzene rings is 2. The third-order valence-corrected chi connectivity index (χ3v) is 4.28. The lowest BCUT2D eigenvalue weighted by molar-refractivity contribution is 0.0971. The van der Waals surface area contributed by atoms with Gasteiger partial charge in [-0.3, -0.25) is 10.1 Å². The third kappa shape index (κ3) is 5.99. The summed E-state index contributed by atoms with van der Waals surface area (Å²) in [7, 11) is 0. The van der Waals surface area contributed by atoms with Crippen LogP contribution in [0, 0.1) is 0 Å². The smallest absolute Gasteiger partial charge is 0.261 e. The molecule has 132 valence electrons. The summed E-state index contributed by atoms with van der Waals surface area (Å²) in [5, 5.41) is 6.51. The maximum absolute atomic E-state index is 12.5. The first-order valence-corrected chi connectivity index (χ1v) is 9.23. The Kier molecular flexibility index (Phi) is 7.23. The van der Waals surface area contributed by atoms with E-state index in [1.54, 1.807) is 18.2 Å². The van der Waals surface area contributed by atoms with Gasteiger partial charge < -0.3 is 10.1 Å². The highest BCUT2D eigenvalue weighted by atomic mass is 79.9. The van der Waals surface area contributed by atoms with Crippen molar-refractivity contribution in [2.45, 2.75) is 26.5 Å². The first kappa shape index (κ1) is 19.7. The minimum absolute atomic E-state index is 0.0435. The molecule has 0 bridgehead atoms. The average Bonchev–Trinajstić information content (AvgIpc) is 2.55. The van der Waals surface area contributed by atoms with Gasteiger partial charge in [-0.25, -0.2) is 0 Å². The molecule has 7 heteroatoms. The molecule has 2 aromatic carbocycles. The molecule has 0 aromatic heterocycles. The molecule has 0 fully saturated rings. The summed E-state index contributed by atoms with van der Waals surface area (Å²) in [6, 6.07) is 12.7. The summed E-state index contributed by atoms with van der Waals surface area (Å²) in [5.41, 5.74) is 1.30. The van der Waals surface area contributed by atoms with Gasteiger partial charge in [-0.05, 0) is 55.9 Å². The van der Waals surface area contributed by atoms with Crippen LogP contribution in [0.4, 0.5) is 0 Å². The molecule has 0 aliphatic rings. The lowest BCUT2D eigenvalue weighted by Crippen LogP contribution is -2.39. The van der Waals surface area contributed by atoms with Gasteiger partial charge in [-0.2, -0.15) is 0 Å². The van der Waals surface area contributed by atoms with Crippen LogP contribution in [0.15, 0.2) is 46.9 Å². The second-order valence-electron chi connectivity index (χ2n) is 5.54. The van der Waals surface area contributed by atoms with Crippen molar-refractivity contribution in [2.24, 2.45) is 0 Å². The number of carbonyl (C=O) groups is 1. The molecule has 2 aromatic rings. The van der Waals surface area contributed by atoms with E-state index in [1.165, 1.54) is 0 Å². The highest BCUT2D eigenvalue weighted by Gasteiger charge is 2.15. The average molecular weight is 442 g/mol. The summed E-state index contributed by atoms with van der Waals surface area (Å²) in [6.45, 7) is 4.23. The van der Waals surface area contributed by atoms with Crippen molar-refractivity contribution < 1.29 is 9.53 Å². The Bertz CT molecular complexity index is 783. The fraction of sp³-hybridized carbons (Fsp3) is 0.222. The lowest BCUT2D eigenvalue weighted by atomic mass is 10.2. The van der Waals surface area contributed by atoms with Crippen LogP contribution in [0.3, 0.4) is 0 Å². The van der Waals surface area contributed by atoms with Gasteiger partial charge in [-0.1, -0.05) is 45.7 Å². The summed E-state index contributed by atoms with van der Waals surface area (Å²) in [4.78, 5) is 12.5. The molecule has 0 unspecified atom stereocenters. The van der Waals surface area contributed by atoms with Gasteiger partial charge in [0.05, 0.1) is 11.7 Å². The molecule has 0 atom stereocenters. The van der Waals surface area contributed by atoms with E-state index in [4.69, 9.17) is 28.6 Å². The minimum atomic E-state index is -0.339. The van der Waals surface area contributed by atoms with Crippen LogP contribution < -0.4 is 15.4 Å². The summed E-state index contributed by atoms with van der Waals surface area (Å²) in [5.74, 6) is 0.165. The van der Waals surface area contributed by atoms with E-state index in [-0.39, 0.29) is 17.1 Å². The van der Waals surface area contributed by atoms with Gasteiger partial charge in [0.1, 0.15) is 5.75 Å². The second kappa shape index (κ2) is 9.17. The molecule has 2 rings (SSSR count). The fourth-order valence-electron chi connectivity index (χ4n) is 2.07. The number of halogens is 2. The maximum Gasteiger partial charge on any atom is 0.261 e. The zero-order chi connectivity index (χ0) is 18.4. The predicted octanol–water partition coefficient (Wildman–Crippen LogP) is 4.69. The molecular weight excluding hydrogens is 424 g/mol. The number of nitrogens with one attached hydrogen (secondary N) is 2. The van der Waals surface area contributed by atoms with E-state index < -0.39 is 0 Å². The number of thiocarbonyl (C=S) groups is 1. The topological polar surface area (TPSA) is 50.4 Å². The van der Waals surface area contributed by atoms with Crippen LogP contribution in [0.1, 0.15) is 29.8 Å². The highest BCUT2D eigenvalue weighted by molar-refractivity contribution is 9.10. The van der Waals surface area contributed by atoms with Crippen molar-refractivity contribution in [2.75, 3.05) is 0 Å². The van der Waals surface area contributed by atoms with Crippen molar-refractivity contribution >= 4 is 50.8 Å². The second-order valence-corrected chi connectivity index (χ2v) is 7.27. The number of hydrogen-bond acceptors (Lipinski definition) is 3. The van der Waals surface area contributed by atoms with Crippen LogP contribution in [0.5, 0.6) is 5.75 Å². The Morgan fingerprint density at radius 1 is 1.28 bits per heavy atom. The van der Waals surface area contributed by atoms with Gasteiger partial charge in [0, 0.05) is 16.0 Å². The Labute approximate surface area is 166 Å². The molecule has 0 radical (unpaired) electrons. The number of ether oxygens (including phenoxy) is 1. The van der Waals surface area contributed by atoms with E-state index in [0.29, 0.717) is 22.9 Å². The first-order chi connectivity index (χ1) is 11.9. The number of rotatable bonds is 5. The molecule has 25 heavy (non-hydrogen) atoms. The van der Waals surface area contributed by atoms with Gasteiger partial charge in [0.15, 0.2) is 5.11 Å². The molecule has 0 spiro atoms. The quantitative estimate of drug-likeness (QED) is 0.661. The van der Waals surface area contributed by atoms with Gasteiger partial charge in [0.2, 0.25) is 0 Å². The van der Waals surface area contributed by atoms with Crippen LogP contribution >= 0.6 is 39.7 Å². The van der Waals surface area contributed by atoms with Crippen LogP contribution in [0.25, 0.3) is 0 Å². The molecule has 0 heterocycles. The molecule has 0 aliphatic heterocycles. The summed E-state index contributed by atoms with van der Waals surface area (Å²) >= 11 is 14.7. The Morgan fingerprint density at radius 3 is 2.68 bits per heavy atom. The normalized spacial score (nSPS) is 10.4. The van der Waals surface area contributed by atoms with Crippen molar-refractivity contribution in [3.8, 4) is 5.75 Å². The summed E-state index contributed by atoms with van der Waals surface area (Å²) in [6.07, 6.45) is -0.0435. The molecule has 4 nitrogen and oxygen atoms in total. The largest absolute Gasteiger partial charge is 0.490 e. The Hall–Kier alpha value is -1.63. The Morgan fingerprint density at radius 2 is 2.00 bits per heavy atom. The fourth-order valence-corrected chi connectivity index (χ4v) is 2.80. The van der Waals surface area contributed by atoms with Crippen molar-refractivity contribution in [3.05, 3.63) is 63.1 Å². The first-order valence-electron chi connectivity index (χ1n) is 7.65. The minimum Gasteiger partial charge on any atom is -0.490 e. The number of carbonyl (C=O) groups excluding carboxylic acids is 1. The highest BCUT2D eigenvalue weighted by Crippen LogP contribution is 2.24. The predicted molar refractivity (Wildman–Crippen MR) is 108 cm³/mol. The number of amides is 1. The van der Waals surface area contributed by atoms with Crippen molar-refractivity contribution in [3.63, 3.8) is 0 Å². The molecule has 0 saturated heterocycles. The Balaban J connectivity index is 2.02. The SMILES string of the molecule is CC(C)Oc1ccc(Br)cc1C(=O)NC(=S)NCc1ccccc1Cl. The van der Waals surface area contributed by atoms with Crippen LogP contribution in [-0.4, -0.2) is 17.1 Å².